The third-order valence-electron chi connectivity index (χ3n) is 3.65. The SMILES string of the molecule is Cc1cc(N2CCC(=NO)CC2)c2ccccc2n1. The molecule has 0 atom stereocenters. The number of para-hydroxylation sites is 1. The summed E-state index contributed by atoms with van der Waals surface area (Å²) in [5.74, 6) is 0. The molecule has 0 amide bonds. The number of piperidine rings is 1. The van der Waals surface area contributed by atoms with Gasteiger partial charge in [0, 0.05) is 42.7 Å². The molecular weight excluding hydrogens is 238 g/mol. The summed E-state index contributed by atoms with van der Waals surface area (Å²) in [4.78, 5) is 6.92. The van der Waals surface area contributed by atoms with E-state index < -0.39 is 0 Å². The second kappa shape index (κ2) is 4.88. The fraction of sp³-hybridized carbons (Fsp3) is 0.333. The zero-order chi connectivity index (χ0) is 13.2. The van der Waals surface area contributed by atoms with Gasteiger partial charge in [0.1, 0.15) is 0 Å². The van der Waals surface area contributed by atoms with E-state index in [-0.39, 0.29) is 0 Å². The van der Waals surface area contributed by atoms with Crippen LogP contribution in [0.25, 0.3) is 10.9 Å². The largest absolute Gasteiger partial charge is 0.411 e. The quantitative estimate of drug-likeness (QED) is 0.629. The second-order valence-electron chi connectivity index (χ2n) is 4.95. The van der Waals surface area contributed by atoms with E-state index in [0.717, 1.165) is 42.9 Å². The molecule has 0 bridgehead atoms. The molecule has 1 saturated heterocycles. The van der Waals surface area contributed by atoms with Crippen LogP contribution in [0.3, 0.4) is 0 Å². The molecule has 1 aromatic heterocycles. The van der Waals surface area contributed by atoms with Crippen molar-refractivity contribution in [2.45, 2.75) is 19.8 Å². The maximum Gasteiger partial charge on any atom is 0.0726 e. The molecule has 0 aliphatic carbocycles. The van der Waals surface area contributed by atoms with Crippen molar-refractivity contribution in [3.8, 4) is 0 Å². The van der Waals surface area contributed by atoms with Gasteiger partial charge < -0.3 is 10.1 Å². The number of hydrogen-bond acceptors (Lipinski definition) is 4. The lowest BCUT2D eigenvalue weighted by Gasteiger charge is -2.30. The second-order valence-corrected chi connectivity index (χ2v) is 4.95. The number of anilines is 1. The number of rotatable bonds is 1. The van der Waals surface area contributed by atoms with Crippen molar-refractivity contribution in [1.29, 1.82) is 0 Å². The highest BCUT2D eigenvalue weighted by Gasteiger charge is 2.18. The van der Waals surface area contributed by atoms with Crippen molar-refractivity contribution in [2.24, 2.45) is 5.16 Å². The molecular formula is C15H17N3O. The van der Waals surface area contributed by atoms with Crippen molar-refractivity contribution >= 4 is 22.3 Å². The molecule has 1 N–H and O–H groups in total. The summed E-state index contributed by atoms with van der Waals surface area (Å²) in [6, 6.07) is 10.4. The third-order valence-corrected chi connectivity index (χ3v) is 3.65. The molecule has 1 aromatic carbocycles. The molecule has 98 valence electrons. The van der Waals surface area contributed by atoms with Crippen molar-refractivity contribution in [2.75, 3.05) is 18.0 Å². The number of hydrogen-bond donors (Lipinski definition) is 1. The molecule has 0 unspecified atom stereocenters. The van der Waals surface area contributed by atoms with E-state index in [1.807, 2.05) is 19.1 Å². The first-order valence-corrected chi connectivity index (χ1v) is 6.59. The van der Waals surface area contributed by atoms with Crippen LogP contribution in [0.2, 0.25) is 0 Å². The fourth-order valence-corrected chi connectivity index (χ4v) is 2.65. The molecule has 1 aliphatic rings. The first kappa shape index (κ1) is 12.0. The van der Waals surface area contributed by atoms with Crippen molar-refractivity contribution in [1.82, 2.24) is 4.98 Å². The summed E-state index contributed by atoms with van der Waals surface area (Å²) >= 11 is 0. The Labute approximate surface area is 112 Å². The molecule has 0 saturated carbocycles. The molecule has 3 rings (SSSR count). The first-order valence-electron chi connectivity index (χ1n) is 6.59. The lowest BCUT2D eigenvalue weighted by Crippen LogP contribution is -2.34. The Morgan fingerprint density at radius 1 is 1.21 bits per heavy atom. The average Bonchev–Trinajstić information content (AvgIpc) is 2.46. The molecule has 4 nitrogen and oxygen atoms in total. The molecule has 19 heavy (non-hydrogen) atoms. The van der Waals surface area contributed by atoms with Gasteiger partial charge in [0.05, 0.1) is 11.2 Å². The number of aryl methyl sites for hydroxylation is 1. The van der Waals surface area contributed by atoms with Gasteiger partial charge in [-0.3, -0.25) is 4.98 Å². The summed E-state index contributed by atoms with van der Waals surface area (Å²) in [6.07, 6.45) is 1.65. The zero-order valence-electron chi connectivity index (χ0n) is 11.0. The van der Waals surface area contributed by atoms with Gasteiger partial charge in [-0.15, -0.1) is 0 Å². The standard InChI is InChI=1S/C15H17N3O/c1-11-10-15(13-4-2-3-5-14(13)16-11)18-8-6-12(17-19)7-9-18/h2-5,10,19H,6-9H2,1H3. The molecule has 1 aliphatic heterocycles. The third kappa shape index (κ3) is 2.26. The maximum absolute atomic E-state index is 8.82. The Balaban J connectivity index is 2.01. The number of fused-ring (bicyclic) bond motifs is 1. The Morgan fingerprint density at radius 2 is 1.95 bits per heavy atom. The van der Waals surface area contributed by atoms with Gasteiger partial charge in [-0.05, 0) is 19.1 Å². The summed E-state index contributed by atoms with van der Waals surface area (Å²) in [6.45, 7) is 3.82. The number of pyridine rings is 1. The van der Waals surface area contributed by atoms with Crippen molar-refractivity contribution < 1.29 is 5.21 Å². The van der Waals surface area contributed by atoms with E-state index in [9.17, 15) is 0 Å². The molecule has 2 aromatic rings. The molecule has 4 heteroatoms. The van der Waals surface area contributed by atoms with E-state index >= 15 is 0 Å². The fourth-order valence-electron chi connectivity index (χ4n) is 2.65. The monoisotopic (exact) mass is 255 g/mol. The normalized spacial score (nSPS) is 15.8. The molecule has 0 radical (unpaired) electrons. The van der Waals surface area contributed by atoms with Crippen LogP contribution in [-0.4, -0.2) is 29.0 Å². The van der Waals surface area contributed by atoms with Gasteiger partial charge in [-0.2, -0.15) is 0 Å². The van der Waals surface area contributed by atoms with Gasteiger partial charge in [-0.1, -0.05) is 23.4 Å². The van der Waals surface area contributed by atoms with Crippen LogP contribution in [0.15, 0.2) is 35.5 Å². The lowest BCUT2D eigenvalue weighted by molar-refractivity contribution is 0.315. The zero-order valence-corrected chi connectivity index (χ0v) is 11.0. The minimum absolute atomic E-state index is 0.826. The Morgan fingerprint density at radius 3 is 2.68 bits per heavy atom. The predicted molar refractivity (Wildman–Crippen MR) is 77.1 cm³/mol. The Kier molecular flexibility index (Phi) is 3.07. The van der Waals surface area contributed by atoms with Crippen LogP contribution in [0.5, 0.6) is 0 Å². The van der Waals surface area contributed by atoms with Crippen molar-refractivity contribution in [3.63, 3.8) is 0 Å². The van der Waals surface area contributed by atoms with E-state index in [1.54, 1.807) is 0 Å². The summed E-state index contributed by atoms with van der Waals surface area (Å²) in [7, 11) is 0. The van der Waals surface area contributed by atoms with Crippen LogP contribution in [0.1, 0.15) is 18.5 Å². The highest BCUT2D eigenvalue weighted by Crippen LogP contribution is 2.28. The minimum atomic E-state index is 0.826. The molecule has 0 spiro atoms. The van der Waals surface area contributed by atoms with Crippen LogP contribution >= 0.6 is 0 Å². The predicted octanol–water partition coefficient (Wildman–Crippen LogP) is 2.97. The van der Waals surface area contributed by atoms with Gasteiger partial charge in [0.25, 0.3) is 0 Å². The number of benzene rings is 1. The molecule has 1 fully saturated rings. The topological polar surface area (TPSA) is 48.7 Å². The lowest BCUT2D eigenvalue weighted by atomic mass is 10.1. The van der Waals surface area contributed by atoms with Crippen LogP contribution in [-0.2, 0) is 0 Å². The smallest absolute Gasteiger partial charge is 0.0726 e. The summed E-state index contributed by atoms with van der Waals surface area (Å²) < 4.78 is 0. The number of nitrogens with zero attached hydrogens (tertiary/aromatic N) is 3. The summed E-state index contributed by atoms with van der Waals surface area (Å²) in [5.41, 5.74) is 4.21. The average molecular weight is 255 g/mol. The maximum atomic E-state index is 8.82. The highest BCUT2D eigenvalue weighted by molar-refractivity contribution is 5.93. The van der Waals surface area contributed by atoms with Crippen molar-refractivity contribution in [3.05, 3.63) is 36.0 Å². The van der Waals surface area contributed by atoms with Gasteiger partial charge >= 0.3 is 0 Å². The highest BCUT2D eigenvalue weighted by atomic mass is 16.4. The Bertz CT molecular complexity index is 626. The van der Waals surface area contributed by atoms with Gasteiger partial charge in [-0.25, -0.2) is 0 Å². The van der Waals surface area contributed by atoms with Crippen LogP contribution in [0, 0.1) is 6.92 Å². The van der Waals surface area contributed by atoms with Crippen LogP contribution in [0.4, 0.5) is 5.69 Å². The van der Waals surface area contributed by atoms with Gasteiger partial charge in [0.2, 0.25) is 0 Å². The van der Waals surface area contributed by atoms with Gasteiger partial charge in [0.15, 0.2) is 0 Å². The minimum Gasteiger partial charge on any atom is -0.411 e. The van der Waals surface area contributed by atoms with E-state index in [4.69, 9.17) is 5.21 Å². The summed E-state index contributed by atoms with van der Waals surface area (Å²) in [5, 5.41) is 13.3. The first-order chi connectivity index (χ1) is 9.28. The molecule has 2 heterocycles. The number of aromatic nitrogens is 1. The van der Waals surface area contributed by atoms with Crippen LogP contribution < -0.4 is 4.90 Å². The van der Waals surface area contributed by atoms with E-state index in [1.165, 1.54) is 11.1 Å². The van der Waals surface area contributed by atoms with E-state index in [0.29, 0.717) is 0 Å². The Hall–Kier alpha value is -2.10. The van der Waals surface area contributed by atoms with E-state index in [2.05, 4.69) is 33.2 Å². The number of oxime groups is 1.